The zero-order chi connectivity index (χ0) is 26.6. The molecule has 200 valence electrons. The van der Waals surface area contributed by atoms with Crippen molar-refractivity contribution in [2.75, 3.05) is 24.3 Å². The minimum absolute atomic E-state index is 0.227. The van der Waals surface area contributed by atoms with Crippen molar-refractivity contribution in [2.24, 2.45) is 17.8 Å². The molecule has 0 aromatic heterocycles. The molecule has 3 atom stereocenters. The number of benzene rings is 2. The number of aldehydes is 1. The minimum atomic E-state index is -0.319. The average molecular weight is 526 g/mol. The summed E-state index contributed by atoms with van der Waals surface area (Å²) in [6, 6.07) is 13.6. The quantitative estimate of drug-likeness (QED) is 0.367. The van der Waals surface area contributed by atoms with E-state index in [1.807, 2.05) is 24.3 Å². The van der Waals surface area contributed by atoms with Crippen LogP contribution in [-0.2, 0) is 10.2 Å². The van der Waals surface area contributed by atoms with E-state index in [1.165, 1.54) is 37.7 Å². The largest absolute Gasteiger partial charge is 0.400 e. The third-order valence-electron chi connectivity index (χ3n) is 8.34. The number of anilines is 3. The van der Waals surface area contributed by atoms with Gasteiger partial charge in [0.15, 0.2) is 0 Å². The van der Waals surface area contributed by atoms with Crippen LogP contribution in [0.1, 0.15) is 64.4 Å². The van der Waals surface area contributed by atoms with Crippen LogP contribution in [0.4, 0.5) is 21.9 Å². The summed E-state index contributed by atoms with van der Waals surface area (Å²) in [7, 11) is 1.00. The number of nitrogens with zero attached hydrogens (tertiary/aromatic N) is 1. The summed E-state index contributed by atoms with van der Waals surface area (Å²) in [6.07, 6.45) is 9.00. The van der Waals surface area contributed by atoms with E-state index >= 15 is 0 Å². The zero-order valence-corrected chi connectivity index (χ0v) is 22.9. The van der Waals surface area contributed by atoms with Crippen LogP contribution >= 0.6 is 11.6 Å². The molecular weight excluding hydrogens is 486 g/mol. The van der Waals surface area contributed by atoms with Crippen LogP contribution in [0.5, 0.6) is 0 Å². The van der Waals surface area contributed by atoms with Crippen molar-refractivity contribution in [3.05, 3.63) is 53.1 Å². The molecule has 2 aliphatic carbocycles. The van der Waals surface area contributed by atoms with Crippen molar-refractivity contribution in [3.63, 3.8) is 0 Å². The van der Waals surface area contributed by atoms with Gasteiger partial charge < -0.3 is 25.4 Å². The fraction of sp³-hybridized carbons (Fsp3) is 0.533. The number of urea groups is 1. The van der Waals surface area contributed by atoms with E-state index in [0.717, 1.165) is 60.4 Å². The van der Waals surface area contributed by atoms with Gasteiger partial charge in [-0.15, -0.1) is 0 Å². The fourth-order valence-corrected chi connectivity index (χ4v) is 7.41. The maximum Gasteiger partial charge on any atom is 0.322 e. The Morgan fingerprint density at radius 2 is 1.68 bits per heavy atom. The first-order valence-corrected chi connectivity index (χ1v) is 13.9. The van der Waals surface area contributed by atoms with Crippen LogP contribution < -0.4 is 10.6 Å². The van der Waals surface area contributed by atoms with E-state index in [4.69, 9.17) is 16.7 Å². The average Bonchev–Trinajstić information content (AvgIpc) is 3.36. The highest BCUT2D eigenvalue weighted by atomic mass is 35.5. The number of nitrogens with one attached hydrogen (secondary N) is 2. The molecule has 2 saturated carbocycles. The smallest absolute Gasteiger partial charge is 0.322 e. The Kier molecular flexibility index (Phi) is 8.81. The van der Waals surface area contributed by atoms with Crippen LogP contribution in [0, 0.1) is 17.8 Å². The number of carbonyl (C=O) groups is 2. The van der Waals surface area contributed by atoms with Gasteiger partial charge in [-0.05, 0) is 110 Å². The molecule has 1 heterocycles. The molecule has 3 fully saturated rings. The van der Waals surface area contributed by atoms with Gasteiger partial charge in [0.05, 0.1) is 16.8 Å². The maximum absolute atomic E-state index is 12.5. The first-order valence-electron chi connectivity index (χ1n) is 13.5. The summed E-state index contributed by atoms with van der Waals surface area (Å²) < 4.78 is 0. The molecule has 5 rings (SSSR count). The topological polar surface area (TPSA) is 81.7 Å². The van der Waals surface area contributed by atoms with E-state index in [1.54, 1.807) is 4.90 Å². The molecule has 2 bridgehead atoms. The van der Waals surface area contributed by atoms with Crippen molar-refractivity contribution in [1.29, 1.82) is 0 Å². The molecule has 2 aromatic rings. The van der Waals surface area contributed by atoms with E-state index in [0.29, 0.717) is 12.2 Å². The van der Waals surface area contributed by atoms with Crippen molar-refractivity contribution in [3.8, 4) is 0 Å². The third kappa shape index (κ3) is 6.12. The SMILES string of the molecule is CC1CC2CC(C)CC(c3ccc(Nc4ccc(NC(=O)N5CCCC5C=O)cc4)c(Cl)c3)(C1)C2.CO. The summed E-state index contributed by atoms with van der Waals surface area (Å²) >= 11 is 6.79. The molecule has 1 aliphatic heterocycles. The Morgan fingerprint density at radius 3 is 2.30 bits per heavy atom. The molecule has 1 saturated heterocycles. The normalized spacial score (nSPS) is 28.6. The lowest BCUT2D eigenvalue weighted by atomic mass is 9.54. The molecule has 0 spiro atoms. The second-order valence-electron chi connectivity index (χ2n) is 11.3. The van der Waals surface area contributed by atoms with Gasteiger partial charge in [-0.1, -0.05) is 31.5 Å². The fourth-order valence-electron chi connectivity index (χ4n) is 7.18. The van der Waals surface area contributed by atoms with Gasteiger partial charge in [0, 0.05) is 25.0 Å². The number of hydrogen-bond donors (Lipinski definition) is 3. The number of carbonyl (C=O) groups excluding carboxylic acids is 2. The summed E-state index contributed by atoms with van der Waals surface area (Å²) in [5.74, 6) is 2.38. The second-order valence-corrected chi connectivity index (χ2v) is 11.7. The standard InChI is InChI=1S/C29H36ClN3O2.CH4O/c1-19-12-21-13-20(2)16-29(15-19,17-21)22-5-10-27(26(30)14-22)31-23-6-8-24(9-7-23)32-28(35)33-11-3-4-25(33)18-34;1-2/h5-10,14,18-21,25,31H,3-4,11-13,15-17H2,1-2H3,(H,32,35);2H,1H3. The molecule has 37 heavy (non-hydrogen) atoms. The van der Waals surface area contributed by atoms with Crippen LogP contribution in [0.3, 0.4) is 0 Å². The van der Waals surface area contributed by atoms with Crippen LogP contribution in [0.15, 0.2) is 42.5 Å². The number of hydrogen-bond acceptors (Lipinski definition) is 4. The van der Waals surface area contributed by atoms with Gasteiger partial charge in [0.1, 0.15) is 6.29 Å². The molecule has 3 unspecified atom stereocenters. The predicted octanol–water partition coefficient (Wildman–Crippen LogP) is 6.99. The van der Waals surface area contributed by atoms with Gasteiger partial charge in [-0.2, -0.15) is 0 Å². The summed E-state index contributed by atoms with van der Waals surface area (Å²) in [5, 5.41) is 14.1. The van der Waals surface area contributed by atoms with Crippen LogP contribution in [0.25, 0.3) is 0 Å². The van der Waals surface area contributed by atoms with Crippen molar-refractivity contribution < 1.29 is 14.7 Å². The number of aliphatic hydroxyl groups excluding tert-OH is 1. The second kappa shape index (κ2) is 11.9. The summed E-state index contributed by atoms with van der Waals surface area (Å²) in [4.78, 5) is 25.3. The van der Waals surface area contributed by atoms with Crippen molar-refractivity contribution in [2.45, 2.75) is 70.3 Å². The highest BCUT2D eigenvalue weighted by molar-refractivity contribution is 6.33. The predicted molar refractivity (Wildman–Crippen MR) is 151 cm³/mol. The Morgan fingerprint density at radius 1 is 1.03 bits per heavy atom. The number of rotatable bonds is 5. The van der Waals surface area contributed by atoms with Gasteiger partial charge in [0.2, 0.25) is 0 Å². The number of fused-ring (bicyclic) bond motifs is 2. The molecule has 3 N–H and O–H groups in total. The Balaban J connectivity index is 0.00000156. The lowest BCUT2D eigenvalue weighted by molar-refractivity contribution is -0.110. The van der Waals surface area contributed by atoms with E-state index in [-0.39, 0.29) is 17.5 Å². The van der Waals surface area contributed by atoms with Crippen LogP contribution in [0.2, 0.25) is 5.02 Å². The van der Waals surface area contributed by atoms with Crippen molar-refractivity contribution >= 4 is 41.0 Å². The molecule has 3 aliphatic rings. The van der Waals surface area contributed by atoms with E-state index in [9.17, 15) is 9.59 Å². The minimum Gasteiger partial charge on any atom is -0.400 e. The van der Waals surface area contributed by atoms with Crippen LogP contribution in [-0.4, -0.2) is 42.0 Å². The first-order chi connectivity index (χ1) is 17.8. The molecular formula is C30H40ClN3O3. The molecule has 2 amide bonds. The number of likely N-dealkylation sites (tertiary alicyclic amines) is 1. The maximum atomic E-state index is 12.5. The first kappa shape index (κ1) is 27.5. The molecule has 7 heteroatoms. The van der Waals surface area contributed by atoms with E-state index in [2.05, 4.69) is 42.7 Å². The van der Waals surface area contributed by atoms with Gasteiger partial charge in [-0.3, -0.25) is 0 Å². The number of halogens is 1. The highest BCUT2D eigenvalue weighted by Gasteiger charge is 2.45. The molecule has 0 radical (unpaired) electrons. The Labute approximate surface area is 225 Å². The van der Waals surface area contributed by atoms with Crippen molar-refractivity contribution in [1.82, 2.24) is 4.90 Å². The summed E-state index contributed by atoms with van der Waals surface area (Å²) in [6.45, 7) is 5.43. The highest BCUT2D eigenvalue weighted by Crippen LogP contribution is 2.54. The van der Waals surface area contributed by atoms with E-state index < -0.39 is 0 Å². The lowest BCUT2D eigenvalue weighted by Gasteiger charge is -2.50. The third-order valence-corrected chi connectivity index (χ3v) is 8.66. The Bertz CT molecular complexity index is 1070. The van der Waals surface area contributed by atoms with Gasteiger partial charge in [0.25, 0.3) is 0 Å². The number of aliphatic hydroxyl groups is 1. The molecule has 6 nitrogen and oxygen atoms in total. The Hall–Kier alpha value is -2.57. The monoisotopic (exact) mass is 525 g/mol. The zero-order valence-electron chi connectivity index (χ0n) is 22.2. The lowest BCUT2D eigenvalue weighted by Crippen LogP contribution is -2.42. The number of amides is 2. The van der Waals surface area contributed by atoms with Gasteiger partial charge >= 0.3 is 6.03 Å². The summed E-state index contributed by atoms with van der Waals surface area (Å²) in [5.41, 5.74) is 4.15. The van der Waals surface area contributed by atoms with Gasteiger partial charge in [-0.25, -0.2) is 4.79 Å². The molecule has 2 aromatic carbocycles.